The van der Waals surface area contributed by atoms with Crippen LogP contribution in [0.3, 0.4) is 0 Å². The molecule has 6 heteroatoms. The molecule has 5 nitrogen and oxygen atoms in total. The minimum atomic E-state index is -0.335. The Morgan fingerprint density at radius 2 is 2.05 bits per heavy atom. The number of Topliss-reactive ketones (excluding diaryl/α,β-unsaturated/α-hetero) is 1. The predicted molar refractivity (Wildman–Crippen MR) is 78.7 cm³/mol. The first kappa shape index (κ1) is 14.7. The summed E-state index contributed by atoms with van der Waals surface area (Å²) in [7, 11) is 0. The fraction of sp³-hybridized carbons (Fsp3) is 0.357. The maximum absolute atomic E-state index is 11.6. The Balaban J connectivity index is 1.76. The van der Waals surface area contributed by atoms with E-state index in [9.17, 15) is 9.59 Å². The smallest absolute Gasteiger partial charge is 0.277 e. The third kappa shape index (κ3) is 4.77. The van der Waals surface area contributed by atoms with Crippen LogP contribution in [0.1, 0.15) is 25.7 Å². The van der Waals surface area contributed by atoms with Gasteiger partial charge in [-0.25, -0.2) is 5.43 Å². The first-order valence-corrected chi connectivity index (χ1v) is 7.17. The maximum Gasteiger partial charge on any atom is 0.277 e. The number of ketones is 1. The molecule has 0 aliphatic heterocycles. The van der Waals surface area contributed by atoms with E-state index in [1.54, 1.807) is 12.1 Å². The molecule has 0 saturated heterocycles. The van der Waals surface area contributed by atoms with E-state index in [1.807, 2.05) is 12.1 Å². The van der Waals surface area contributed by atoms with Crippen molar-refractivity contribution in [2.24, 2.45) is 5.10 Å². The van der Waals surface area contributed by atoms with Crippen molar-refractivity contribution in [3.05, 3.63) is 28.7 Å². The summed E-state index contributed by atoms with van der Waals surface area (Å²) in [6.07, 6.45) is 2.52. The summed E-state index contributed by atoms with van der Waals surface area (Å²) in [6, 6.07) is 7.20. The average Bonchev–Trinajstić information content (AvgIpc) is 2.45. The molecule has 0 heterocycles. The molecule has 1 fully saturated rings. The van der Waals surface area contributed by atoms with Crippen molar-refractivity contribution in [1.82, 2.24) is 5.43 Å². The molecule has 0 unspecified atom stereocenters. The normalized spacial score (nSPS) is 17.1. The number of nitrogens with one attached hydrogen (secondary N) is 1. The van der Waals surface area contributed by atoms with Crippen LogP contribution >= 0.6 is 15.9 Å². The first-order valence-electron chi connectivity index (χ1n) is 6.38. The molecule has 0 atom stereocenters. The van der Waals surface area contributed by atoms with Crippen LogP contribution in [0.2, 0.25) is 0 Å². The lowest BCUT2D eigenvalue weighted by Gasteiger charge is -2.11. The molecule has 20 heavy (non-hydrogen) atoms. The third-order valence-corrected chi connectivity index (χ3v) is 3.37. The minimum absolute atomic E-state index is 0.105. The molecule has 1 amide bonds. The Bertz CT molecular complexity index is 526. The molecular weight excluding hydrogens is 324 g/mol. The largest absolute Gasteiger partial charge is 0.484 e. The van der Waals surface area contributed by atoms with Crippen molar-refractivity contribution < 1.29 is 14.3 Å². The molecule has 0 spiro atoms. The van der Waals surface area contributed by atoms with Crippen molar-refractivity contribution in [2.45, 2.75) is 25.7 Å². The highest BCUT2D eigenvalue weighted by Crippen LogP contribution is 2.15. The van der Waals surface area contributed by atoms with Crippen molar-refractivity contribution in [2.75, 3.05) is 6.61 Å². The number of halogens is 1. The fourth-order valence-corrected chi connectivity index (χ4v) is 2.11. The second kappa shape index (κ2) is 7.19. The number of carbonyl (C=O) groups excluding carboxylic acids is 2. The molecule has 1 N–H and O–H groups in total. The van der Waals surface area contributed by atoms with Crippen LogP contribution in [0.25, 0.3) is 0 Å². The van der Waals surface area contributed by atoms with Crippen LogP contribution in [-0.4, -0.2) is 24.0 Å². The van der Waals surface area contributed by atoms with E-state index >= 15 is 0 Å². The molecule has 1 aliphatic rings. The van der Waals surface area contributed by atoms with E-state index < -0.39 is 0 Å². The van der Waals surface area contributed by atoms with Gasteiger partial charge in [-0.05, 0) is 37.1 Å². The van der Waals surface area contributed by atoms with Crippen LogP contribution in [0.15, 0.2) is 33.8 Å². The van der Waals surface area contributed by atoms with Crippen LogP contribution < -0.4 is 10.2 Å². The lowest BCUT2D eigenvalue weighted by molar-refractivity contribution is -0.123. The monoisotopic (exact) mass is 338 g/mol. The van der Waals surface area contributed by atoms with Gasteiger partial charge in [0, 0.05) is 23.0 Å². The molecule has 0 bridgehead atoms. The van der Waals surface area contributed by atoms with E-state index in [0.29, 0.717) is 18.6 Å². The molecule has 2 rings (SSSR count). The minimum Gasteiger partial charge on any atom is -0.484 e. The van der Waals surface area contributed by atoms with E-state index in [1.165, 1.54) is 0 Å². The summed E-state index contributed by atoms with van der Waals surface area (Å²) in [5.41, 5.74) is 3.15. The van der Waals surface area contributed by atoms with Crippen molar-refractivity contribution >= 4 is 33.3 Å². The number of ether oxygens (including phenoxy) is 1. The maximum atomic E-state index is 11.6. The summed E-state index contributed by atoms with van der Waals surface area (Å²) in [6.45, 7) is -0.105. The van der Waals surface area contributed by atoms with E-state index in [4.69, 9.17) is 4.74 Å². The van der Waals surface area contributed by atoms with Gasteiger partial charge in [-0.15, -0.1) is 0 Å². The van der Waals surface area contributed by atoms with Gasteiger partial charge in [0.2, 0.25) is 0 Å². The molecule has 0 aromatic heterocycles. The quantitative estimate of drug-likeness (QED) is 0.857. The third-order valence-electron chi connectivity index (χ3n) is 2.84. The molecule has 0 radical (unpaired) electrons. The first-order chi connectivity index (χ1) is 9.63. The van der Waals surface area contributed by atoms with Gasteiger partial charge in [-0.2, -0.15) is 5.10 Å². The molecular formula is C14H15BrN2O3. The van der Waals surface area contributed by atoms with Crippen LogP contribution in [0.5, 0.6) is 5.75 Å². The molecule has 1 aromatic rings. The number of rotatable bonds is 4. The van der Waals surface area contributed by atoms with Crippen LogP contribution in [0.4, 0.5) is 0 Å². The standard InChI is InChI=1S/C14H15BrN2O3/c15-10-4-6-13(7-5-10)20-9-14(19)17-16-11-2-1-3-12(18)8-11/h4-7H,1-3,8-9H2,(H,17,19)/b16-11+. The zero-order chi connectivity index (χ0) is 14.4. The zero-order valence-electron chi connectivity index (χ0n) is 10.9. The second-order valence-corrected chi connectivity index (χ2v) is 5.44. The number of hydrogen-bond donors (Lipinski definition) is 1. The van der Waals surface area contributed by atoms with E-state index in [2.05, 4.69) is 26.5 Å². The van der Waals surface area contributed by atoms with Crippen molar-refractivity contribution in [3.8, 4) is 5.75 Å². The van der Waals surface area contributed by atoms with Gasteiger partial charge in [0.1, 0.15) is 11.5 Å². The zero-order valence-corrected chi connectivity index (χ0v) is 12.5. The summed E-state index contributed by atoms with van der Waals surface area (Å²) >= 11 is 3.32. The Hall–Kier alpha value is -1.69. The van der Waals surface area contributed by atoms with E-state index in [0.717, 1.165) is 23.0 Å². The Morgan fingerprint density at radius 1 is 1.30 bits per heavy atom. The van der Waals surface area contributed by atoms with Gasteiger partial charge in [0.15, 0.2) is 6.61 Å². The Morgan fingerprint density at radius 3 is 2.75 bits per heavy atom. The topological polar surface area (TPSA) is 67.8 Å². The van der Waals surface area contributed by atoms with Gasteiger partial charge in [0.25, 0.3) is 5.91 Å². The van der Waals surface area contributed by atoms with Crippen molar-refractivity contribution in [1.29, 1.82) is 0 Å². The summed E-state index contributed by atoms with van der Waals surface area (Å²) in [5.74, 6) is 0.456. The highest BCUT2D eigenvalue weighted by Gasteiger charge is 2.14. The molecule has 1 aliphatic carbocycles. The Labute approximate surface area is 125 Å². The summed E-state index contributed by atoms with van der Waals surface area (Å²) in [4.78, 5) is 22.8. The number of amides is 1. The number of nitrogens with zero attached hydrogens (tertiary/aromatic N) is 1. The van der Waals surface area contributed by atoms with Crippen LogP contribution in [-0.2, 0) is 9.59 Å². The van der Waals surface area contributed by atoms with Crippen LogP contribution in [0, 0.1) is 0 Å². The molecule has 1 aromatic carbocycles. The summed E-state index contributed by atoms with van der Waals surface area (Å²) in [5, 5.41) is 3.97. The predicted octanol–water partition coefficient (Wildman–Crippen LogP) is 2.44. The summed E-state index contributed by atoms with van der Waals surface area (Å²) < 4.78 is 6.26. The highest BCUT2D eigenvalue weighted by molar-refractivity contribution is 9.10. The number of benzene rings is 1. The average molecular weight is 339 g/mol. The second-order valence-electron chi connectivity index (χ2n) is 4.52. The van der Waals surface area contributed by atoms with Gasteiger partial charge in [-0.1, -0.05) is 15.9 Å². The number of carbonyl (C=O) groups is 2. The fourth-order valence-electron chi connectivity index (χ4n) is 1.84. The SMILES string of the molecule is O=C1CCC/C(=N\NC(=O)COc2ccc(Br)cc2)C1. The molecule has 106 valence electrons. The van der Waals surface area contributed by atoms with E-state index in [-0.39, 0.29) is 18.3 Å². The lowest BCUT2D eigenvalue weighted by Crippen LogP contribution is -2.27. The van der Waals surface area contributed by atoms with Gasteiger partial charge in [0.05, 0.1) is 0 Å². The number of hydrogen-bond acceptors (Lipinski definition) is 4. The molecule has 1 saturated carbocycles. The number of hydrazone groups is 1. The van der Waals surface area contributed by atoms with Gasteiger partial charge in [-0.3, -0.25) is 9.59 Å². The van der Waals surface area contributed by atoms with Crippen molar-refractivity contribution in [3.63, 3.8) is 0 Å². The van der Waals surface area contributed by atoms with Gasteiger partial charge < -0.3 is 4.74 Å². The van der Waals surface area contributed by atoms with Gasteiger partial charge >= 0.3 is 0 Å². The highest BCUT2D eigenvalue weighted by atomic mass is 79.9. The Kier molecular flexibility index (Phi) is 5.29. The lowest BCUT2D eigenvalue weighted by atomic mass is 9.97.